The van der Waals surface area contributed by atoms with Gasteiger partial charge in [-0.3, -0.25) is 28.8 Å². The Hall–Kier alpha value is -5.97. The van der Waals surface area contributed by atoms with Gasteiger partial charge in [0.2, 0.25) is 27.7 Å². The second kappa shape index (κ2) is 17.3. The first kappa shape index (κ1) is 43.6. The fourth-order valence-electron chi connectivity index (χ4n) is 7.32. The highest BCUT2D eigenvalue weighted by Crippen LogP contribution is 2.45. The Bertz CT molecular complexity index is 2290. The van der Waals surface area contributed by atoms with Crippen LogP contribution in [0.4, 0.5) is 4.79 Å². The number of aromatic nitrogens is 1. The molecular formula is C43H52N6O10S. The van der Waals surface area contributed by atoms with Crippen LogP contribution >= 0.6 is 0 Å². The SMILES string of the molecule is C=CC(=O)NC[C@@H](C(=O)N1C[C@H](Oc2cc(-c3ccccc3)nc3cc(OC)ccc23)C[C@H]1C(=O)N[C@]1(C(=O)NS(=O)(=O)C2CC2)C[C@H]1C=C)N(CC)C(=O)OC(C)(C)C. The van der Waals surface area contributed by atoms with Gasteiger partial charge >= 0.3 is 6.09 Å². The summed E-state index contributed by atoms with van der Waals surface area (Å²) in [6, 6.07) is 13.9. The highest BCUT2D eigenvalue weighted by Gasteiger charge is 2.62. The molecule has 0 spiro atoms. The molecule has 16 nitrogen and oxygen atoms in total. The van der Waals surface area contributed by atoms with E-state index in [2.05, 4.69) is 28.5 Å². The van der Waals surface area contributed by atoms with Crippen LogP contribution in [0.15, 0.2) is 79.9 Å². The molecule has 3 aromatic rings. The summed E-state index contributed by atoms with van der Waals surface area (Å²) in [5, 5.41) is 5.33. The number of hydrogen-bond acceptors (Lipinski definition) is 11. The van der Waals surface area contributed by atoms with Gasteiger partial charge in [0.15, 0.2) is 0 Å². The topological polar surface area (TPSA) is 203 Å². The average molecular weight is 845 g/mol. The largest absolute Gasteiger partial charge is 0.497 e. The predicted octanol–water partition coefficient (Wildman–Crippen LogP) is 3.86. The van der Waals surface area contributed by atoms with E-state index in [-0.39, 0.29) is 32.5 Å². The van der Waals surface area contributed by atoms with E-state index in [0.717, 1.165) is 11.6 Å². The van der Waals surface area contributed by atoms with E-state index in [1.807, 2.05) is 30.3 Å². The fourth-order valence-corrected chi connectivity index (χ4v) is 8.68. The number of sulfonamides is 1. The van der Waals surface area contributed by atoms with Gasteiger partial charge in [-0.05, 0) is 65.2 Å². The smallest absolute Gasteiger partial charge is 0.411 e. The maximum atomic E-state index is 14.9. The van der Waals surface area contributed by atoms with Crippen molar-refractivity contribution in [1.29, 1.82) is 0 Å². The minimum Gasteiger partial charge on any atom is -0.497 e. The number of benzene rings is 2. The molecule has 2 aromatic carbocycles. The Morgan fingerprint density at radius 1 is 1.07 bits per heavy atom. The Labute approximate surface area is 349 Å². The van der Waals surface area contributed by atoms with E-state index < -0.39 is 80.2 Å². The van der Waals surface area contributed by atoms with E-state index >= 15 is 0 Å². The Kier molecular flexibility index (Phi) is 12.6. The number of pyridine rings is 1. The van der Waals surface area contributed by atoms with Gasteiger partial charge in [-0.25, -0.2) is 18.2 Å². The minimum absolute atomic E-state index is 0.00555. The van der Waals surface area contributed by atoms with Crippen LogP contribution in [0.2, 0.25) is 0 Å². The number of carbonyl (C=O) groups excluding carboxylic acids is 5. The van der Waals surface area contributed by atoms with Crippen molar-refractivity contribution in [3.05, 3.63) is 79.9 Å². The molecule has 5 atom stereocenters. The van der Waals surface area contributed by atoms with E-state index in [4.69, 9.17) is 19.2 Å². The molecule has 0 unspecified atom stereocenters. The van der Waals surface area contributed by atoms with Gasteiger partial charge in [-0.2, -0.15) is 0 Å². The van der Waals surface area contributed by atoms with Crippen molar-refractivity contribution in [2.24, 2.45) is 5.92 Å². The molecule has 1 saturated heterocycles. The second-order valence-electron chi connectivity index (χ2n) is 16.2. The maximum absolute atomic E-state index is 14.9. The van der Waals surface area contributed by atoms with Gasteiger partial charge in [-0.1, -0.05) is 43.0 Å². The normalized spacial score (nSPS) is 21.6. The van der Waals surface area contributed by atoms with Crippen molar-refractivity contribution in [2.75, 3.05) is 26.7 Å². The van der Waals surface area contributed by atoms with Gasteiger partial charge in [0.1, 0.15) is 40.8 Å². The number of likely N-dealkylation sites (N-methyl/N-ethyl adjacent to an activating group) is 1. The number of rotatable bonds is 16. The van der Waals surface area contributed by atoms with Crippen LogP contribution in [-0.2, 0) is 33.9 Å². The molecule has 2 saturated carbocycles. The van der Waals surface area contributed by atoms with Crippen molar-refractivity contribution < 1.29 is 46.6 Å². The first-order valence-corrected chi connectivity index (χ1v) is 21.4. The van der Waals surface area contributed by atoms with E-state index in [0.29, 0.717) is 40.9 Å². The molecule has 17 heteroatoms. The molecule has 5 amide bonds. The number of likely N-dealkylation sites (tertiary alicyclic amines) is 1. The third-order valence-corrected chi connectivity index (χ3v) is 12.5. The van der Waals surface area contributed by atoms with Gasteiger partial charge < -0.3 is 29.7 Å². The lowest BCUT2D eigenvalue weighted by Gasteiger charge is -2.35. The zero-order valence-corrected chi connectivity index (χ0v) is 35.3. The van der Waals surface area contributed by atoms with E-state index in [1.165, 1.54) is 15.9 Å². The highest BCUT2D eigenvalue weighted by molar-refractivity contribution is 7.91. The number of amides is 5. The molecule has 0 radical (unpaired) electrons. The zero-order chi connectivity index (χ0) is 43.6. The summed E-state index contributed by atoms with van der Waals surface area (Å²) in [7, 11) is -2.42. The lowest BCUT2D eigenvalue weighted by molar-refractivity contribution is -0.143. The van der Waals surface area contributed by atoms with Crippen molar-refractivity contribution >= 4 is 50.6 Å². The van der Waals surface area contributed by atoms with Crippen LogP contribution in [0, 0.1) is 5.92 Å². The number of nitrogens with one attached hydrogen (secondary N) is 3. The monoisotopic (exact) mass is 844 g/mol. The third-order valence-electron chi connectivity index (χ3n) is 10.7. The second-order valence-corrected chi connectivity index (χ2v) is 18.1. The first-order valence-electron chi connectivity index (χ1n) is 19.9. The van der Waals surface area contributed by atoms with Crippen molar-refractivity contribution in [3.8, 4) is 22.8 Å². The molecule has 0 bridgehead atoms. The summed E-state index contributed by atoms with van der Waals surface area (Å²) in [6.07, 6.45) is 1.71. The van der Waals surface area contributed by atoms with Crippen LogP contribution in [0.3, 0.4) is 0 Å². The summed E-state index contributed by atoms with van der Waals surface area (Å²) in [4.78, 5) is 76.5. The van der Waals surface area contributed by atoms with Crippen molar-refractivity contribution in [1.82, 2.24) is 30.1 Å². The number of hydrogen-bond donors (Lipinski definition) is 3. The Balaban J connectivity index is 1.38. The van der Waals surface area contributed by atoms with Crippen molar-refractivity contribution in [2.45, 2.75) is 88.0 Å². The first-order chi connectivity index (χ1) is 28.4. The molecule has 60 heavy (non-hydrogen) atoms. The highest BCUT2D eigenvalue weighted by atomic mass is 32.2. The maximum Gasteiger partial charge on any atom is 0.411 e. The standard InChI is InChI=1S/C43H52N6O10S/c1-8-27-23-43(27,40(53)47-60(55,56)30-17-18-30)46-38(51)34-21-29(25-49(34)39(52)35(24-44-37(50)9-2)48(10-3)41(54)59-42(4,5)6)58-36-22-32(26-14-12-11-13-15-26)45-33-20-28(57-7)16-19-31(33)36/h8-9,11-16,19-20,22,27,29-30,34-35H,1-2,10,17-18,21,23-25H2,3-7H3,(H,44,50)(H,46,51)(H,47,53)/t27-,29-,34+,35+,43-/m1/s1. The number of carbonyl (C=O) groups is 5. The summed E-state index contributed by atoms with van der Waals surface area (Å²) in [5.41, 5.74) is -0.589. The summed E-state index contributed by atoms with van der Waals surface area (Å²) in [6.45, 7) is 13.4. The quantitative estimate of drug-likeness (QED) is 0.140. The van der Waals surface area contributed by atoms with Crippen molar-refractivity contribution in [3.63, 3.8) is 0 Å². The Morgan fingerprint density at radius 2 is 1.78 bits per heavy atom. The Morgan fingerprint density at radius 3 is 2.38 bits per heavy atom. The van der Waals surface area contributed by atoms with Crippen LogP contribution < -0.4 is 24.8 Å². The minimum atomic E-state index is -3.96. The number of methoxy groups -OCH3 is 1. The molecule has 2 aliphatic carbocycles. The van der Waals surface area contributed by atoms with Gasteiger partial charge in [0.25, 0.3) is 5.91 Å². The van der Waals surface area contributed by atoms with E-state index in [1.54, 1.807) is 59.1 Å². The van der Waals surface area contributed by atoms with Gasteiger partial charge in [0, 0.05) is 48.5 Å². The lowest BCUT2D eigenvalue weighted by Crippen LogP contribution is -2.60. The molecular weight excluding hydrogens is 793 g/mol. The van der Waals surface area contributed by atoms with Gasteiger partial charge in [0.05, 0.1) is 30.1 Å². The zero-order valence-electron chi connectivity index (χ0n) is 34.4. The average Bonchev–Trinajstić information content (AvgIpc) is 4.15. The fraction of sp³-hybridized carbons (Fsp3) is 0.442. The van der Waals surface area contributed by atoms with Crippen LogP contribution in [-0.4, -0.2) is 114 Å². The molecule has 2 heterocycles. The van der Waals surface area contributed by atoms with Crippen LogP contribution in [0.25, 0.3) is 22.2 Å². The van der Waals surface area contributed by atoms with Crippen LogP contribution in [0.1, 0.15) is 53.4 Å². The number of nitrogens with zero attached hydrogens (tertiary/aromatic N) is 3. The van der Waals surface area contributed by atoms with Crippen LogP contribution in [0.5, 0.6) is 11.5 Å². The molecule has 1 aromatic heterocycles. The summed E-state index contributed by atoms with van der Waals surface area (Å²) >= 11 is 0. The molecule has 320 valence electrons. The molecule has 3 aliphatic rings. The van der Waals surface area contributed by atoms with E-state index in [9.17, 15) is 32.4 Å². The molecule has 3 N–H and O–H groups in total. The third kappa shape index (κ3) is 9.56. The summed E-state index contributed by atoms with van der Waals surface area (Å²) in [5.74, 6) is -2.56. The number of fused-ring (bicyclic) bond motifs is 1. The lowest BCUT2D eigenvalue weighted by atomic mass is 10.1. The molecule has 3 fully saturated rings. The number of ether oxygens (including phenoxy) is 3. The molecule has 1 aliphatic heterocycles. The van der Waals surface area contributed by atoms with Gasteiger partial charge in [-0.15, -0.1) is 6.58 Å². The summed E-state index contributed by atoms with van der Waals surface area (Å²) < 4.78 is 45.6. The predicted molar refractivity (Wildman–Crippen MR) is 223 cm³/mol. The molecule has 6 rings (SSSR count).